The number of halogens is 1. The molecule has 1 atom stereocenters. The lowest BCUT2D eigenvalue weighted by Crippen LogP contribution is -2.53. The number of amides is 2. The maximum absolute atomic E-state index is 13.9. The molecular formula is C33H39BrN2O3. The van der Waals surface area contributed by atoms with E-state index >= 15 is 0 Å². The van der Waals surface area contributed by atoms with Crippen molar-refractivity contribution in [2.45, 2.75) is 77.9 Å². The molecule has 1 saturated carbocycles. The molecule has 0 aliphatic heterocycles. The van der Waals surface area contributed by atoms with Crippen molar-refractivity contribution in [2.24, 2.45) is 0 Å². The fourth-order valence-corrected chi connectivity index (χ4v) is 5.52. The second-order valence-electron chi connectivity index (χ2n) is 10.7. The van der Waals surface area contributed by atoms with Gasteiger partial charge in [-0.1, -0.05) is 83.7 Å². The van der Waals surface area contributed by atoms with Gasteiger partial charge in [0.25, 0.3) is 5.91 Å². The Bertz CT molecular complexity index is 1250. The first-order chi connectivity index (χ1) is 18.8. The highest BCUT2D eigenvalue weighted by molar-refractivity contribution is 9.10. The monoisotopic (exact) mass is 590 g/mol. The Labute approximate surface area is 241 Å². The minimum atomic E-state index is -0.658. The van der Waals surface area contributed by atoms with Crippen LogP contribution in [0.3, 0.4) is 0 Å². The summed E-state index contributed by atoms with van der Waals surface area (Å²) in [5, 5.41) is 3.29. The molecule has 1 aliphatic rings. The lowest BCUT2D eigenvalue weighted by Gasteiger charge is -2.33. The Kier molecular flexibility index (Phi) is 10.2. The van der Waals surface area contributed by atoms with Gasteiger partial charge in [-0.25, -0.2) is 0 Å². The van der Waals surface area contributed by atoms with Gasteiger partial charge in [-0.15, -0.1) is 0 Å². The van der Waals surface area contributed by atoms with Gasteiger partial charge in [0, 0.05) is 23.5 Å². The highest BCUT2D eigenvalue weighted by atomic mass is 79.9. The van der Waals surface area contributed by atoms with E-state index in [0.29, 0.717) is 18.7 Å². The third-order valence-electron chi connectivity index (χ3n) is 7.60. The number of ether oxygens (including phenoxy) is 1. The highest BCUT2D eigenvalue weighted by Crippen LogP contribution is 2.24. The van der Waals surface area contributed by atoms with E-state index in [-0.39, 0.29) is 24.5 Å². The Morgan fingerprint density at radius 1 is 0.949 bits per heavy atom. The maximum Gasteiger partial charge on any atom is 0.261 e. The van der Waals surface area contributed by atoms with Crippen molar-refractivity contribution < 1.29 is 14.3 Å². The molecule has 0 radical (unpaired) electrons. The molecule has 1 unspecified atom stereocenters. The predicted octanol–water partition coefficient (Wildman–Crippen LogP) is 6.84. The molecule has 39 heavy (non-hydrogen) atoms. The van der Waals surface area contributed by atoms with Gasteiger partial charge in [0.05, 0.1) is 0 Å². The van der Waals surface area contributed by atoms with Gasteiger partial charge in [0.15, 0.2) is 6.61 Å². The van der Waals surface area contributed by atoms with Crippen LogP contribution in [0.2, 0.25) is 0 Å². The van der Waals surface area contributed by atoms with Crippen molar-refractivity contribution in [3.63, 3.8) is 0 Å². The van der Waals surface area contributed by atoms with Crippen molar-refractivity contribution in [3.8, 4) is 5.75 Å². The molecule has 0 aromatic heterocycles. The summed E-state index contributed by atoms with van der Waals surface area (Å²) < 4.78 is 7.06. The molecule has 5 nitrogen and oxygen atoms in total. The first kappa shape index (κ1) is 28.9. The molecule has 1 N–H and O–H groups in total. The van der Waals surface area contributed by atoms with Crippen LogP contribution in [0.4, 0.5) is 0 Å². The highest BCUT2D eigenvalue weighted by Gasteiger charge is 2.32. The zero-order valence-corrected chi connectivity index (χ0v) is 24.8. The predicted molar refractivity (Wildman–Crippen MR) is 160 cm³/mol. The zero-order chi connectivity index (χ0) is 27.8. The van der Waals surface area contributed by atoms with Crippen molar-refractivity contribution >= 4 is 27.7 Å². The molecule has 0 heterocycles. The third-order valence-corrected chi connectivity index (χ3v) is 8.13. The normalized spacial score (nSPS) is 14.5. The molecule has 0 bridgehead atoms. The number of rotatable bonds is 10. The smallest absolute Gasteiger partial charge is 0.261 e. The number of benzene rings is 3. The summed E-state index contributed by atoms with van der Waals surface area (Å²) in [7, 11) is 0. The average molecular weight is 592 g/mol. The van der Waals surface area contributed by atoms with Crippen LogP contribution >= 0.6 is 15.9 Å². The van der Waals surface area contributed by atoms with Crippen LogP contribution in [-0.4, -0.2) is 35.4 Å². The fraction of sp³-hybridized carbons (Fsp3) is 0.394. The molecular weight excluding hydrogens is 552 g/mol. The van der Waals surface area contributed by atoms with Crippen LogP contribution in [-0.2, 0) is 22.6 Å². The van der Waals surface area contributed by atoms with Crippen molar-refractivity contribution in [3.05, 3.63) is 99.0 Å². The molecule has 1 aliphatic carbocycles. The Balaban J connectivity index is 1.63. The number of aryl methyl sites for hydroxylation is 2. The first-order valence-electron chi connectivity index (χ1n) is 13.9. The number of nitrogens with zero attached hydrogens (tertiary/aromatic N) is 1. The summed E-state index contributed by atoms with van der Waals surface area (Å²) >= 11 is 3.50. The molecule has 6 heteroatoms. The lowest BCUT2D eigenvalue weighted by atomic mass is 9.94. The third kappa shape index (κ3) is 8.18. The van der Waals surface area contributed by atoms with Gasteiger partial charge in [-0.2, -0.15) is 0 Å². The molecule has 3 aromatic rings. The summed E-state index contributed by atoms with van der Waals surface area (Å²) in [6.45, 7) is 6.25. The maximum atomic E-state index is 13.9. The largest absolute Gasteiger partial charge is 0.483 e. The van der Waals surface area contributed by atoms with E-state index in [4.69, 9.17) is 4.74 Å². The standard InChI is InChI=1S/C33H39BrN2O3/c1-23-18-24(2)25(3)31(19-23)39-22-32(37)36(21-27-14-16-28(34)17-15-27)30(20-26-10-6-4-7-11-26)33(38)35-29-12-8-5-9-13-29/h4,6-7,10-11,14-19,29-30H,5,8-9,12-13,20-22H2,1-3H3,(H,35,38). The Morgan fingerprint density at radius 2 is 1.64 bits per heavy atom. The molecule has 4 rings (SSSR count). The number of hydrogen-bond donors (Lipinski definition) is 1. The van der Waals surface area contributed by atoms with Crippen molar-refractivity contribution in [2.75, 3.05) is 6.61 Å². The van der Waals surface area contributed by atoms with Crippen LogP contribution < -0.4 is 10.1 Å². The van der Waals surface area contributed by atoms with Gasteiger partial charge in [0.2, 0.25) is 5.91 Å². The summed E-state index contributed by atoms with van der Waals surface area (Å²) in [5.41, 5.74) is 5.20. The van der Waals surface area contributed by atoms with Gasteiger partial charge >= 0.3 is 0 Å². The van der Waals surface area contributed by atoms with Crippen LogP contribution in [0, 0.1) is 20.8 Å². The van der Waals surface area contributed by atoms with Gasteiger partial charge < -0.3 is 15.0 Å². The second kappa shape index (κ2) is 13.8. The van der Waals surface area contributed by atoms with Crippen LogP contribution in [0.15, 0.2) is 71.2 Å². The van der Waals surface area contributed by atoms with Crippen LogP contribution in [0.25, 0.3) is 0 Å². The van der Waals surface area contributed by atoms with Crippen molar-refractivity contribution in [1.82, 2.24) is 10.2 Å². The van der Waals surface area contributed by atoms with E-state index in [9.17, 15) is 9.59 Å². The number of carbonyl (C=O) groups is 2. The molecule has 3 aromatic carbocycles. The number of nitrogens with one attached hydrogen (secondary N) is 1. The van der Waals surface area contributed by atoms with E-state index in [1.165, 1.54) is 6.42 Å². The minimum Gasteiger partial charge on any atom is -0.483 e. The molecule has 206 valence electrons. The average Bonchev–Trinajstić information content (AvgIpc) is 2.93. The Hall–Kier alpha value is -3.12. The molecule has 0 spiro atoms. The quantitative estimate of drug-likeness (QED) is 0.281. The SMILES string of the molecule is Cc1cc(C)c(C)c(OCC(=O)N(Cc2ccc(Br)cc2)C(Cc2ccccc2)C(=O)NC2CCCCC2)c1. The lowest BCUT2D eigenvalue weighted by molar-refractivity contribution is -0.143. The first-order valence-corrected chi connectivity index (χ1v) is 14.7. The van der Waals surface area contributed by atoms with E-state index in [1.54, 1.807) is 4.90 Å². The summed E-state index contributed by atoms with van der Waals surface area (Å²) in [5.74, 6) is 0.394. The summed E-state index contributed by atoms with van der Waals surface area (Å²) in [6.07, 6.45) is 5.87. The van der Waals surface area contributed by atoms with Crippen LogP contribution in [0.5, 0.6) is 5.75 Å². The van der Waals surface area contributed by atoms with E-state index in [0.717, 1.165) is 58.0 Å². The van der Waals surface area contributed by atoms with Gasteiger partial charge in [-0.3, -0.25) is 9.59 Å². The number of carbonyl (C=O) groups excluding carboxylic acids is 2. The Morgan fingerprint density at radius 3 is 2.33 bits per heavy atom. The van der Waals surface area contributed by atoms with Crippen molar-refractivity contribution in [1.29, 1.82) is 0 Å². The molecule has 2 amide bonds. The van der Waals surface area contributed by atoms with E-state index in [1.807, 2.05) is 81.4 Å². The minimum absolute atomic E-state index is 0.0983. The van der Waals surface area contributed by atoms with E-state index < -0.39 is 6.04 Å². The molecule has 0 saturated heterocycles. The van der Waals surface area contributed by atoms with Crippen LogP contribution in [0.1, 0.15) is 59.9 Å². The van der Waals surface area contributed by atoms with E-state index in [2.05, 4.69) is 27.3 Å². The fourth-order valence-electron chi connectivity index (χ4n) is 5.26. The topological polar surface area (TPSA) is 58.6 Å². The second-order valence-corrected chi connectivity index (χ2v) is 11.6. The molecule has 1 fully saturated rings. The number of hydrogen-bond acceptors (Lipinski definition) is 3. The van der Waals surface area contributed by atoms with Gasteiger partial charge in [-0.05, 0) is 79.6 Å². The van der Waals surface area contributed by atoms with Gasteiger partial charge in [0.1, 0.15) is 11.8 Å². The summed E-state index contributed by atoms with van der Waals surface area (Å²) in [6, 6.07) is 21.4. The zero-order valence-electron chi connectivity index (χ0n) is 23.2. The summed E-state index contributed by atoms with van der Waals surface area (Å²) in [4.78, 5) is 29.5.